The molecule has 0 aliphatic carbocycles. The van der Waals surface area contributed by atoms with Crippen molar-refractivity contribution in [3.63, 3.8) is 0 Å². The first kappa shape index (κ1) is 15.4. The number of amides is 2. The highest BCUT2D eigenvalue weighted by Gasteiger charge is 2.08. The summed E-state index contributed by atoms with van der Waals surface area (Å²) in [6.07, 6.45) is 0. The van der Waals surface area contributed by atoms with Crippen LogP contribution in [0.4, 0.5) is 11.4 Å². The van der Waals surface area contributed by atoms with Gasteiger partial charge in [-0.05, 0) is 24.3 Å². The lowest BCUT2D eigenvalue weighted by Crippen LogP contribution is -2.23. The number of carbonyl (C=O) groups excluding carboxylic acids is 2. The first-order valence-electron chi connectivity index (χ1n) is 6.67. The molecular weight excluding hydrogens is 282 g/mol. The van der Waals surface area contributed by atoms with E-state index in [0.717, 1.165) is 0 Å². The summed E-state index contributed by atoms with van der Waals surface area (Å²) in [7, 11) is 1.56. The summed E-state index contributed by atoms with van der Waals surface area (Å²) in [6.45, 7) is 0.0154. The number of hydrogen-bond acceptors (Lipinski definition) is 4. The zero-order valence-electron chi connectivity index (χ0n) is 12.1. The van der Waals surface area contributed by atoms with Crippen molar-refractivity contribution in [2.75, 3.05) is 24.3 Å². The van der Waals surface area contributed by atoms with Gasteiger partial charge in [0, 0.05) is 17.4 Å². The number of nitrogens with one attached hydrogen (secondary N) is 2. The Morgan fingerprint density at radius 1 is 1.14 bits per heavy atom. The maximum atomic E-state index is 11.9. The maximum absolute atomic E-state index is 11.9. The quantitative estimate of drug-likeness (QED) is 0.758. The van der Waals surface area contributed by atoms with Gasteiger partial charge in [0.1, 0.15) is 5.75 Å². The van der Waals surface area contributed by atoms with Gasteiger partial charge in [-0.15, -0.1) is 0 Å². The minimum atomic E-state index is -0.545. The molecule has 0 heterocycles. The van der Waals surface area contributed by atoms with E-state index in [2.05, 4.69) is 10.6 Å². The number of methoxy groups -OCH3 is 1. The highest BCUT2D eigenvalue weighted by Crippen LogP contribution is 2.17. The smallest absolute Gasteiger partial charge is 0.250 e. The van der Waals surface area contributed by atoms with Crippen LogP contribution in [0.2, 0.25) is 0 Å². The molecule has 2 aromatic carbocycles. The van der Waals surface area contributed by atoms with Gasteiger partial charge in [0.2, 0.25) is 5.91 Å². The van der Waals surface area contributed by atoms with Gasteiger partial charge in [-0.2, -0.15) is 0 Å². The molecule has 0 aromatic heterocycles. The van der Waals surface area contributed by atoms with E-state index >= 15 is 0 Å². The third-order valence-electron chi connectivity index (χ3n) is 2.99. The summed E-state index contributed by atoms with van der Waals surface area (Å²) >= 11 is 0. The lowest BCUT2D eigenvalue weighted by molar-refractivity contribution is -0.114. The molecule has 2 rings (SSSR count). The fourth-order valence-electron chi connectivity index (χ4n) is 1.93. The molecule has 0 spiro atoms. The Hall–Kier alpha value is -3.02. The standard InChI is InChI=1S/C16H17N3O3/c1-22-12-6-4-5-11(9-12)19-15(20)10-18-14-8-3-2-7-13(14)16(17)21/h2-9,18H,10H2,1H3,(H2,17,21)(H,19,20). The van der Waals surface area contributed by atoms with Crippen LogP contribution in [0.5, 0.6) is 5.75 Å². The molecule has 114 valence electrons. The number of rotatable bonds is 6. The highest BCUT2D eigenvalue weighted by atomic mass is 16.5. The Kier molecular flexibility index (Phi) is 4.98. The third kappa shape index (κ3) is 3.99. The van der Waals surface area contributed by atoms with Crippen molar-refractivity contribution in [1.29, 1.82) is 0 Å². The second-order valence-corrected chi connectivity index (χ2v) is 4.54. The van der Waals surface area contributed by atoms with Crippen LogP contribution in [0.1, 0.15) is 10.4 Å². The number of nitrogens with two attached hydrogens (primary N) is 1. The zero-order chi connectivity index (χ0) is 15.9. The van der Waals surface area contributed by atoms with Gasteiger partial charge < -0.3 is 21.1 Å². The second-order valence-electron chi connectivity index (χ2n) is 4.54. The lowest BCUT2D eigenvalue weighted by Gasteiger charge is -2.10. The summed E-state index contributed by atoms with van der Waals surface area (Å²) < 4.78 is 5.09. The molecule has 0 fully saturated rings. The average molecular weight is 299 g/mol. The van der Waals surface area contributed by atoms with E-state index < -0.39 is 5.91 Å². The molecule has 0 radical (unpaired) electrons. The van der Waals surface area contributed by atoms with Crippen molar-refractivity contribution < 1.29 is 14.3 Å². The Morgan fingerprint density at radius 2 is 1.91 bits per heavy atom. The molecule has 0 unspecified atom stereocenters. The Morgan fingerprint density at radius 3 is 2.64 bits per heavy atom. The van der Waals surface area contributed by atoms with Gasteiger partial charge in [0.05, 0.1) is 19.2 Å². The van der Waals surface area contributed by atoms with Gasteiger partial charge in [-0.3, -0.25) is 9.59 Å². The molecule has 0 saturated carbocycles. The normalized spacial score (nSPS) is 9.86. The van der Waals surface area contributed by atoms with Crippen LogP contribution in [-0.2, 0) is 4.79 Å². The van der Waals surface area contributed by atoms with Crippen molar-refractivity contribution in [3.8, 4) is 5.75 Å². The largest absolute Gasteiger partial charge is 0.497 e. The molecule has 0 saturated heterocycles. The number of ether oxygens (including phenoxy) is 1. The van der Waals surface area contributed by atoms with Crippen molar-refractivity contribution in [2.45, 2.75) is 0 Å². The molecule has 6 nitrogen and oxygen atoms in total. The number of primary amides is 1. The van der Waals surface area contributed by atoms with E-state index in [9.17, 15) is 9.59 Å². The van der Waals surface area contributed by atoms with E-state index in [1.807, 2.05) is 0 Å². The molecular formula is C16H17N3O3. The SMILES string of the molecule is COc1cccc(NC(=O)CNc2ccccc2C(N)=O)c1. The molecule has 2 amide bonds. The summed E-state index contributed by atoms with van der Waals surface area (Å²) in [5.41, 5.74) is 6.78. The van der Waals surface area contributed by atoms with Crippen molar-refractivity contribution in [1.82, 2.24) is 0 Å². The molecule has 2 aromatic rings. The van der Waals surface area contributed by atoms with E-state index in [4.69, 9.17) is 10.5 Å². The fourth-order valence-corrected chi connectivity index (χ4v) is 1.93. The summed E-state index contributed by atoms with van der Waals surface area (Å²) in [5.74, 6) is -0.131. The fraction of sp³-hybridized carbons (Fsp3) is 0.125. The maximum Gasteiger partial charge on any atom is 0.250 e. The average Bonchev–Trinajstić information content (AvgIpc) is 2.53. The molecule has 22 heavy (non-hydrogen) atoms. The zero-order valence-corrected chi connectivity index (χ0v) is 12.1. The minimum absolute atomic E-state index is 0.0154. The van der Waals surface area contributed by atoms with Crippen molar-refractivity contribution in [2.24, 2.45) is 5.73 Å². The highest BCUT2D eigenvalue weighted by molar-refractivity contribution is 6.00. The van der Waals surface area contributed by atoms with Crippen LogP contribution < -0.4 is 21.1 Å². The summed E-state index contributed by atoms with van der Waals surface area (Å²) in [6, 6.07) is 13.8. The minimum Gasteiger partial charge on any atom is -0.497 e. The van der Waals surface area contributed by atoms with E-state index in [1.165, 1.54) is 0 Å². The van der Waals surface area contributed by atoms with Gasteiger partial charge >= 0.3 is 0 Å². The lowest BCUT2D eigenvalue weighted by atomic mass is 10.1. The second kappa shape index (κ2) is 7.12. The monoisotopic (exact) mass is 299 g/mol. The van der Waals surface area contributed by atoms with Crippen LogP contribution >= 0.6 is 0 Å². The number of anilines is 2. The molecule has 0 atom stereocenters. The molecule has 4 N–H and O–H groups in total. The number of benzene rings is 2. The predicted octanol–water partition coefficient (Wildman–Crippen LogP) is 1.84. The first-order chi connectivity index (χ1) is 10.6. The number of para-hydroxylation sites is 1. The van der Waals surface area contributed by atoms with Crippen LogP contribution in [-0.4, -0.2) is 25.5 Å². The molecule has 6 heteroatoms. The Labute approximate surface area is 128 Å². The van der Waals surface area contributed by atoms with Crippen LogP contribution in [0, 0.1) is 0 Å². The van der Waals surface area contributed by atoms with Gasteiger partial charge in [0.25, 0.3) is 5.91 Å². The van der Waals surface area contributed by atoms with Crippen LogP contribution in [0.25, 0.3) is 0 Å². The third-order valence-corrected chi connectivity index (χ3v) is 2.99. The van der Waals surface area contributed by atoms with E-state index in [-0.39, 0.29) is 12.5 Å². The van der Waals surface area contributed by atoms with Crippen LogP contribution in [0.15, 0.2) is 48.5 Å². The number of hydrogen-bond donors (Lipinski definition) is 3. The van der Waals surface area contributed by atoms with E-state index in [0.29, 0.717) is 22.7 Å². The molecule has 0 aliphatic rings. The summed E-state index contributed by atoms with van der Waals surface area (Å²) in [4.78, 5) is 23.2. The topological polar surface area (TPSA) is 93.4 Å². The van der Waals surface area contributed by atoms with Gasteiger partial charge in [-0.25, -0.2) is 0 Å². The van der Waals surface area contributed by atoms with Crippen LogP contribution in [0.3, 0.4) is 0 Å². The molecule has 0 aliphatic heterocycles. The van der Waals surface area contributed by atoms with E-state index in [1.54, 1.807) is 55.6 Å². The van der Waals surface area contributed by atoms with Crippen molar-refractivity contribution in [3.05, 3.63) is 54.1 Å². The first-order valence-corrected chi connectivity index (χ1v) is 6.67. The Bertz CT molecular complexity index is 686. The van der Waals surface area contributed by atoms with Crippen molar-refractivity contribution >= 4 is 23.2 Å². The number of carbonyl (C=O) groups is 2. The predicted molar refractivity (Wildman–Crippen MR) is 85.1 cm³/mol. The molecule has 0 bridgehead atoms. The summed E-state index contributed by atoms with van der Waals surface area (Å²) in [5, 5.41) is 5.64. The van der Waals surface area contributed by atoms with Gasteiger partial charge in [0.15, 0.2) is 0 Å². The van der Waals surface area contributed by atoms with Gasteiger partial charge in [-0.1, -0.05) is 18.2 Å². The Balaban J connectivity index is 1.97.